The van der Waals surface area contributed by atoms with E-state index in [4.69, 9.17) is 5.73 Å². The van der Waals surface area contributed by atoms with E-state index in [0.717, 1.165) is 43.4 Å². The van der Waals surface area contributed by atoms with Gasteiger partial charge in [-0.05, 0) is 48.3 Å². The highest BCUT2D eigenvalue weighted by Gasteiger charge is 2.43. The highest BCUT2D eigenvalue weighted by Crippen LogP contribution is 2.35. The third-order valence-corrected chi connectivity index (χ3v) is 8.76. The lowest BCUT2D eigenvalue weighted by Crippen LogP contribution is -2.62. The van der Waals surface area contributed by atoms with Crippen LogP contribution in [0.15, 0.2) is 23.6 Å². The van der Waals surface area contributed by atoms with E-state index in [1.165, 1.54) is 4.90 Å². The Labute approximate surface area is 256 Å². The van der Waals surface area contributed by atoms with Gasteiger partial charge in [-0.25, -0.2) is 4.79 Å². The Kier molecular flexibility index (Phi) is 13.1. The van der Waals surface area contributed by atoms with E-state index in [-0.39, 0.29) is 18.2 Å². The summed E-state index contributed by atoms with van der Waals surface area (Å²) < 4.78 is 0. The average molecular weight is 606 g/mol. The monoisotopic (exact) mass is 605 g/mol. The van der Waals surface area contributed by atoms with Crippen molar-refractivity contribution in [3.8, 4) is 0 Å². The van der Waals surface area contributed by atoms with Gasteiger partial charge in [-0.2, -0.15) is 0 Å². The van der Waals surface area contributed by atoms with Crippen molar-refractivity contribution in [2.24, 2.45) is 17.1 Å². The van der Waals surface area contributed by atoms with Gasteiger partial charge in [0.15, 0.2) is 0 Å². The highest BCUT2D eigenvalue weighted by atomic mass is 32.1. The molecule has 1 aliphatic heterocycles. The van der Waals surface area contributed by atoms with E-state index < -0.39 is 52.7 Å². The van der Waals surface area contributed by atoms with E-state index in [1.807, 2.05) is 40.7 Å². The number of amides is 5. The van der Waals surface area contributed by atoms with Gasteiger partial charge >= 0.3 is 6.03 Å². The van der Waals surface area contributed by atoms with Gasteiger partial charge in [0.05, 0.1) is 6.04 Å². The predicted molar refractivity (Wildman–Crippen MR) is 168 cm³/mol. The van der Waals surface area contributed by atoms with Crippen molar-refractivity contribution in [2.75, 3.05) is 6.54 Å². The van der Waals surface area contributed by atoms with Gasteiger partial charge in [0.25, 0.3) is 5.91 Å². The number of thiol groups is 1. The van der Waals surface area contributed by atoms with Crippen LogP contribution in [0.4, 0.5) is 4.79 Å². The summed E-state index contributed by atoms with van der Waals surface area (Å²) in [7, 11) is 0. The number of likely N-dealkylation sites (tertiary alicyclic amines) is 1. The standard InChI is InChI=1S/C31H51N5O5S/c1-7-13-21(42)19-31(15-10-9-11-16-31)35-29(41)34-25(30(4,5)6)28(40)36-17-12-14-23(36)27(39)33-22(18-20(3)8-2)24(37)26(32)38/h7,13,20,22-23,25,42H,1,8-12,14-19H2,2-6H3,(H2,32,38)(H,33,39)(H2,34,35,41)/b21-13-. The quantitative estimate of drug-likeness (QED) is 0.123. The maximum absolute atomic E-state index is 14.0. The first-order valence-electron chi connectivity index (χ1n) is 15.2. The maximum Gasteiger partial charge on any atom is 0.315 e. The second kappa shape index (κ2) is 15.6. The van der Waals surface area contributed by atoms with Crippen LogP contribution in [0.2, 0.25) is 0 Å². The van der Waals surface area contributed by atoms with Crippen LogP contribution in [0.25, 0.3) is 0 Å². The number of nitrogens with one attached hydrogen (secondary N) is 3. The fourth-order valence-corrected chi connectivity index (χ4v) is 6.29. The number of allylic oxidation sites excluding steroid dienone is 2. The van der Waals surface area contributed by atoms with Crippen LogP contribution < -0.4 is 21.7 Å². The molecule has 10 nitrogen and oxygen atoms in total. The Bertz CT molecular complexity index is 1050. The molecule has 11 heteroatoms. The number of ketones is 1. The van der Waals surface area contributed by atoms with E-state index in [9.17, 15) is 24.0 Å². The molecule has 1 saturated carbocycles. The molecule has 1 saturated heterocycles. The zero-order chi connectivity index (χ0) is 31.7. The van der Waals surface area contributed by atoms with E-state index in [0.29, 0.717) is 25.8 Å². The summed E-state index contributed by atoms with van der Waals surface area (Å²) in [5.74, 6) is -2.75. The van der Waals surface area contributed by atoms with Gasteiger partial charge in [-0.1, -0.05) is 79.0 Å². The minimum Gasteiger partial charge on any atom is -0.363 e. The van der Waals surface area contributed by atoms with Crippen LogP contribution >= 0.6 is 12.6 Å². The molecule has 4 unspecified atom stereocenters. The van der Waals surface area contributed by atoms with Gasteiger partial charge in [0, 0.05) is 18.5 Å². The number of carbonyl (C=O) groups is 5. The molecule has 0 aromatic carbocycles. The number of nitrogens with zero attached hydrogens (tertiary/aromatic N) is 1. The van der Waals surface area contributed by atoms with E-state index >= 15 is 0 Å². The molecule has 236 valence electrons. The molecular formula is C31H51N5O5S. The van der Waals surface area contributed by atoms with Gasteiger partial charge in [-0.15, -0.1) is 12.6 Å². The Morgan fingerprint density at radius 3 is 2.29 bits per heavy atom. The Hall–Kier alpha value is -2.82. The van der Waals surface area contributed by atoms with E-state index in [1.54, 1.807) is 6.08 Å². The Morgan fingerprint density at radius 2 is 1.74 bits per heavy atom. The molecule has 2 rings (SSSR count). The number of Topliss-reactive ketones (excluding diaryl/α,β-unsaturated/α-hetero) is 1. The number of nitrogens with two attached hydrogens (primary N) is 1. The first kappa shape index (κ1) is 35.4. The van der Waals surface area contributed by atoms with Gasteiger partial charge in [0.1, 0.15) is 12.1 Å². The van der Waals surface area contributed by atoms with Crippen LogP contribution in [0, 0.1) is 11.3 Å². The molecule has 4 atom stereocenters. The van der Waals surface area contributed by atoms with Crippen LogP contribution in [0.3, 0.4) is 0 Å². The van der Waals surface area contributed by atoms with Crippen molar-refractivity contribution in [2.45, 2.75) is 122 Å². The fraction of sp³-hybridized carbons (Fsp3) is 0.710. The van der Waals surface area contributed by atoms with Gasteiger partial charge < -0.3 is 26.6 Å². The average Bonchev–Trinajstić information content (AvgIpc) is 3.40. The fourth-order valence-electron chi connectivity index (χ4n) is 5.88. The van der Waals surface area contributed by atoms with Crippen LogP contribution in [-0.2, 0) is 19.2 Å². The molecule has 5 N–H and O–H groups in total. The zero-order valence-electron chi connectivity index (χ0n) is 26.0. The summed E-state index contributed by atoms with van der Waals surface area (Å²) in [6.07, 6.45) is 10.8. The molecule has 0 aromatic rings. The summed E-state index contributed by atoms with van der Waals surface area (Å²) in [6, 6.07) is -3.23. The summed E-state index contributed by atoms with van der Waals surface area (Å²) in [5, 5.41) is 8.79. The molecule has 5 amide bonds. The molecule has 42 heavy (non-hydrogen) atoms. The largest absolute Gasteiger partial charge is 0.363 e. The zero-order valence-corrected chi connectivity index (χ0v) is 26.9. The molecular weight excluding hydrogens is 554 g/mol. The minimum atomic E-state index is -1.10. The smallest absolute Gasteiger partial charge is 0.315 e. The summed E-state index contributed by atoms with van der Waals surface area (Å²) in [4.78, 5) is 67.2. The van der Waals surface area contributed by atoms with Crippen LogP contribution in [-0.4, -0.2) is 64.6 Å². The molecule has 2 fully saturated rings. The second-order valence-corrected chi connectivity index (χ2v) is 13.6. The first-order valence-corrected chi connectivity index (χ1v) is 15.6. The summed E-state index contributed by atoms with van der Waals surface area (Å²) in [5.41, 5.74) is 4.12. The lowest BCUT2D eigenvalue weighted by Gasteiger charge is -2.40. The van der Waals surface area contributed by atoms with Gasteiger partial charge in [0.2, 0.25) is 17.6 Å². The molecule has 1 aliphatic carbocycles. The lowest BCUT2D eigenvalue weighted by atomic mass is 9.79. The number of hydrogen-bond acceptors (Lipinski definition) is 6. The minimum absolute atomic E-state index is 0.0752. The first-order chi connectivity index (χ1) is 19.6. The van der Waals surface area contributed by atoms with Crippen LogP contribution in [0.1, 0.15) is 98.8 Å². The van der Waals surface area contributed by atoms with Crippen molar-refractivity contribution in [1.82, 2.24) is 20.9 Å². The van der Waals surface area contributed by atoms with Gasteiger partial charge in [-0.3, -0.25) is 19.2 Å². The number of urea groups is 1. The molecule has 0 radical (unpaired) electrons. The lowest BCUT2D eigenvalue weighted by molar-refractivity contribution is -0.143. The third-order valence-electron chi connectivity index (χ3n) is 8.46. The van der Waals surface area contributed by atoms with Crippen molar-refractivity contribution < 1.29 is 24.0 Å². The topological polar surface area (TPSA) is 151 Å². The van der Waals surface area contributed by atoms with Crippen molar-refractivity contribution in [3.05, 3.63) is 23.6 Å². The number of rotatable bonds is 13. The number of carbonyl (C=O) groups excluding carboxylic acids is 5. The number of primary amides is 1. The molecule has 0 bridgehead atoms. The molecule has 1 heterocycles. The summed E-state index contributed by atoms with van der Waals surface area (Å²) in [6.45, 7) is 13.5. The molecule has 0 aromatic heterocycles. The molecule has 0 spiro atoms. The normalized spacial score (nSPS) is 21.0. The van der Waals surface area contributed by atoms with Crippen molar-refractivity contribution in [3.63, 3.8) is 0 Å². The highest BCUT2D eigenvalue weighted by molar-refractivity contribution is 7.84. The SMILES string of the molecule is C=C/C=C(\S)CC1(NC(=O)NC(C(=O)N2CCCC2C(=O)NC(CC(C)CC)C(=O)C(N)=O)C(C)(C)C)CCCCC1. The Balaban J connectivity index is 2.22. The summed E-state index contributed by atoms with van der Waals surface area (Å²) >= 11 is 4.58. The van der Waals surface area contributed by atoms with Crippen molar-refractivity contribution >= 4 is 42.2 Å². The molecule has 2 aliphatic rings. The van der Waals surface area contributed by atoms with Crippen molar-refractivity contribution in [1.29, 1.82) is 0 Å². The van der Waals surface area contributed by atoms with E-state index in [2.05, 4.69) is 35.2 Å². The third kappa shape index (κ3) is 9.88. The van der Waals surface area contributed by atoms with Crippen LogP contribution in [0.5, 0.6) is 0 Å². The number of hydrogen-bond donors (Lipinski definition) is 5. The predicted octanol–water partition coefficient (Wildman–Crippen LogP) is 3.76. The second-order valence-electron chi connectivity index (χ2n) is 13.0. The Morgan fingerprint density at radius 1 is 1.10 bits per heavy atom. The maximum atomic E-state index is 14.0.